The third-order valence-corrected chi connectivity index (χ3v) is 5.44. The molecule has 1 aromatic carbocycles. The summed E-state index contributed by atoms with van der Waals surface area (Å²) in [5.41, 5.74) is 7.57. The number of nitrogens with two attached hydrogens (primary N) is 2. The molecule has 0 aliphatic carbocycles. The van der Waals surface area contributed by atoms with Crippen molar-refractivity contribution in [1.82, 2.24) is 14.7 Å². The second-order valence-corrected chi connectivity index (χ2v) is 7.35. The number of aryl methyl sites for hydroxylation is 1. The molecule has 3 rings (SSSR count). The summed E-state index contributed by atoms with van der Waals surface area (Å²) in [5, 5.41) is 9.97. The second-order valence-electron chi connectivity index (χ2n) is 6.74. The van der Waals surface area contributed by atoms with Crippen LogP contribution < -0.4 is 24.7 Å². The van der Waals surface area contributed by atoms with Gasteiger partial charge in [0.2, 0.25) is 0 Å². The summed E-state index contributed by atoms with van der Waals surface area (Å²) in [6, 6.07) is 6.07. The highest BCUT2D eigenvalue weighted by molar-refractivity contribution is 7.98. The van der Waals surface area contributed by atoms with Gasteiger partial charge in [0.05, 0.1) is 32.1 Å². The number of anilines is 1. The Morgan fingerprint density at radius 2 is 2.07 bits per heavy atom. The van der Waals surface area contributed by atoms with Crippen LogP contribution in [0.1, 0.15) is 18.4 Å². The lowest BCUT2D eigenvalue weighted by molar-refractivity contribution is 0.254. The predicted molar refractivity (Wildman–Crippen MR) is 115 cm³/mol. The molecule has 9 heteroatoms. The van der Waals surface area contributed by atoms with Gasteiger partial charge in [-0.2, -0.15) is 5.10 Å². The first-order valence-corrected chi connectivity index (χ1v) is 10.1. The van der Waals surface area contributed by atoms with Crippen LogP contribution >= 0.6 is 12.1 Å². The van der Waals surface area contributed by atoms with Crippen molar-refractivity contribution < 1.29 is 9.47 Å². The van der Waals surface area contributed by atoms with E-state index in [4.69, 9.17) is 20.3 Å². The summed E-state index contributed by atoms with van der Waals surface area (Å²) < 4.78 is 14.1. The lowest BCUT2D eigenvalue weighted by Gasteiger charge is -2.36. The Bertz CT molecular complexity index is 726. The van der Waals surface area contributed by atoms with E-state index in [9.17, 15) is 0 Å². The van der Waals surface area contributed by atoms with Crippen molar-refractivity contribution in [2.24, 2.45) is 17.9 Å². The van der Waals surface area contributed by atoms with Crippen molar-refractivity contribution in [3.8, 4) is 11.5 Å². The lowest BCUT2D eigenvalue weighted by Crippen LogP contribution is -2.44. The molecule has 2 aromatic rings. The van der Waals surface area contributed by atoms with E-state index in [0.29, 0.717) is 12.6 Å². The molecule has 1 aliphatic rings. The highest BCUT2D eigenvalue weighted by Crippen LogP contribution is 2.26. The van der Waals surface area contributed by atoms with Gasteiger partial charge < -0.3 is 20.1 Å². The van der Waals surface area contributed by atoms with E-state index >= 15 is 0 Å². The van der Waals surface area contributed by atoms with Gasteiger partial charge in [0.25, 0.3) is 0 Å². The summed E-state index contributed by atoms with van der Waals surface area (Å²) in [5.74, 6) is 1.56. The Morgan fingerprint density at radius 1 is 1.29 bits per heavy atom. The van der Waals surface area contributed by atoms with Crippen LogP contribution in [0.4, 0.5) is 5.69 Å². The quantitative estimate of drug-likeness (QED) is 0.701. The number of likely N-dealkylation sites (tertiary alicyclic amines) is 1. The van der Waals surface area contributed by atoms with Crippen molar-refractivity contribution in [2.75, 3.05) is 38.7 Å². The van der Waals surface area contributed by atoms with Gasteiger partial charge in [-0.15, -0.1) is 0 Å². The van der Waals surface area contributed by atoms with Crippen LogP contribution in [0.15, 0.2) is 30.6 Å². The van der Waals surface area contributed by atoms with E-state index < -0.39 is 0 Å². The summed E-state index contributed by atoms with van der Waals surface area (Å²) in [6.07, 6.45) is 6.31. The predicted octanol–water partition coefficient (Wildman–Crippen LogP) is 2.01. The van der Waals surface area contributed by atoms with Gasteiger partial charge in [-0.25, -0.2) is 0 Å². The highest BCUT2D eigenvalue weighted by Gasteiger charge is 2.24. The van der Waals surface area contributed by atoms with E-state index in [1.165, 1.54) is 31.5 Å². The van der Waals surface area contributed by atoms with Crippen LogP contribution in [0, 0.1) is 0 Å². The standard InChI is InChI=1S/C10H19N5S.C9H13NO2/c1-13-5-3-4-9(7-13)15(16-11)10-6-12-14(2)8-10;1-11-8-4-3-7(6-10)9(5-8)12-2/h6,8-9H,3-5,7,11H2,1-2H3;3-5H,6,10H2,1-2H3. The molecule has 1 aromatic heterocycles. The SMILES string of the molecule is CN1CCCC(N(SN)c2cnn(C)c2)C1.COc1ccc(CN)c(OC)c1. The maximum atomic E-state index is 5.78. The van der Waals surface area contributed by atoms with Gasteiger partial charge in [0.15, 0.2) is 0 Å². The molecule has 0 saturated carbocycles. The number of ether oxygens (including phenoxy) is 2. The number of hydrogen-bond acceptors (Lipinski definition) is 8. The van der Waals surface area contributed by atoms with Gasteiger partial charge in [-0.3, -0.25) is 14.1 Å². The summed E-state index contributed by atoms with van der Waals surface area (Å²) in [6.45, 7) is 2.73. The Morgan fingerprint density at radius 3 is 2.61 bits per heavy atom. The maximum Gasteiger partial charge on any atom is 0.127 e. The van der Waals surface area contributed by atoms with E-state index in [-0.39, 0.29) is 0 Å². The van der Waals surface area contributed by atoms with Crippen molar-refractivity contribution in [2.45, 2.75) is 25.4 Å². The number of methoxy groups -OCH3 is 2. The lowest BCUT2D eigenvalue weighted by atomic mass is 10.1. The van der Waals surface area contributed by atoms with Crippen LogP contribution in [-0.2, 0) is 13.6 Å². The number of aromatic nitrogens is 2. The zero-order valence-corrected chi connectivity index (χ0v) is 18.0. The van der Waals surface area contributed by atoms with Crippen LogP contribution in [0.25, 0.3) is 0 Å². The van der Waals surface area contributed by atoms with Crippen LogP contribution in [0.3, 0.4) is 0 Å². The molecule has 0 bridgehead atoms. The van der Waals surface area contributed by atoms with Gasteiger partial charge in [0, 0.05) is 50.1 Å². The van der Waals surface area contributed by atoms with Gasteiger partial charge >= 0.3 is 0 Å². The monoisotopic (exact) mass is 408 g/mol. The zero-order valence-electron chi connectivity index (χ0n) is 17.2. The molecule has 0 amide bonds. The minimum atomic E-state index is 0.479. The second kappa shape index (κ2) is 11.2. The first-order valence-electron chi connectivity index (χ1n) is 9.26. The maximum absolute atomic E-state index is 5.78. The average molecular weight is 409 g/mol. The number of piperidine rings is 1. The third kappa shape index (κ3) is 6.03. The molecule has 1 aliphatic heterocycles. The van der Waals surface area contributed by atoms with E-state index in [2.05, 4.69) is 21.4 Å². The summed E-state index contributed by atoms with van der Waals surface area (Å²) in [4.78, 5) is 2.35. The van der Waals surface area contributed by atoms with Crippen molar-refractivity contribution in [3.63, 3.8) is 0 Å². The van der Waals surface area contributed by atoms with E-state index in [1.54, 1.807) is 14.2 Å². The molecule has 28 heavy (non-hydrogen) atoms. The summed E-state index contributed by atoms with van der Waals surface area (Å²) >= 11 is 1.30. The number of hydrogen-bond donors (Lipinski definition) is 2. The average Bonchev–Trinajstić information content (AvgIpc) is 3.14. The Kier molecular flexibility index (Phi) is 8.91. The topological polar surface area (TPSA) is 94.8 Å². The fourth-order valence-corrected chi connectivity index (χ4v) is 3.79. The minimum absolute atomic E-state index is 0.479. The molecule has 0 radical (unpaired) electrons. The first-order chi connectivity index (χ1) is 13.5. The van der Waals surface area contributed by atoms with Gasteiger partial charge in [-0.05, 0) is 32.5 Å². The Hall–Kier alpha value is -1.94. The highest BCUT2D eigenvalue weighted by atomic mass is 32.2. The van der Waals surface area contributed by atoms with Crippen molar-refractivity contribution >= 4 is 17.8 Å². The van der Waals surface area contributed by atoms with Gasteiger partial charge in [0.1, 0.15) is 11.5 Å². The van der Waals surface area contributed by atoms with Gasteiger partial charge in [-0.1, -0.05) is 6.07 Å². The smallest absolute Gasteiger partial charge is 0.127 e. The molecule has 1 fully saturated rings. The van der Waals surface area contributed by atoms with E-state index in [1.807, 2.05) is 42.3 Å². The molecule has 1 unspecified atom stereocenters. The molecule has 4 N–H and O–H groups in total. The third-order valence-electron chi connectivity index (χ3n) is 4.70. The Labute approximate surface area is 172 Å². The number of nitrogens with zero attached hydrogens (tertiary/aromatic N) is 4. The van der Waals surface area contributed by atoms with E-state index in [0.717, 1.165) is 29.3 Å². The van der Waals surface area contributed by atoms with Crippen LogP contribution in [0.5, 0.6) is 11.5 Å². The number of benzene rings is 1. The molecule has 0 spiro atoms. The van der Waals surface area contributed by atoms with Crippen LogP contribution in [-0.4, -0.2) is 55.1 Å². The fraction of sp³-hybridized carbons (Fsp3) is 0.526. The molecule has 1 saturated heterocycles. The number of rotatable bonds is 6. The largest absolute Gasteiger partial charge is 0.497 e. The molecule has 1 atom stereocenters. The fourth-order valence-electron chi connectivity index (χ4n) is 3.23. The molecule has 156 valence electrons. The number of likely N-dealkylation sites (N-methyl/N-ethyl adjacent to an activating group) is 1. The summed E-state index contributed by atoms with van der Waals surface area (Å²) in [7, 11) is 7.33. The first kappa shape index (κ1) is 22.4. The zero-order chi connectivity index (χ0) is 20.5. The normalized spacial score (nSPS) is 16.9. The molecule has 2 heterocycles. The van der Waals surface area contributed by atoms with Crippen LogP contribution in [0.2, 0.25) is 0 Å². The molecule has 8 nitrogen and oxygen atoms in total. The molecular formula is C19H32N6O2S. The molecular weight excluding hydrogens is 376 g/mol. The minimum Gasteiger partial charge on any atom is -0.497 e. The Balaban J connectivity index is 0.000000209. The van der Waals surface area contributed by atoms with Crippen molar-refractivity contribution in [3.05, 3.63) is 36.2 Å². The van der Waals surface area contributed by atoms with Crippen molar-refractivity contribution in [1.29, 1.82) is 0 Å².